The highest BCUT2D eigenvalue weighted by atomic mass is 16.1. The predicted molar refractivity (Wildman–Crippen MR) is 86.8 cm³/mol. The number of rotatable bonds is 5. The van der Waals surface area contributed by atoms with Crippen LogP contribution in [0.25, 0.3) is 10.9 Å². The van der Waals surface area contributed by atoms with Gasteiger partial charge < -0.3 is 15.5 Å². The molecule has 22 heavy (non-hydrogen) atoms. The van der Waals surface area contributed by atoms with Crippen molar-refractivity contribution in [3.05, 3.63) is 35.5 Å². The van der Waals surface area contributed by atoms with Crippen LogP contribution in [-0.4, -0.2) is 17.2 Å². The molecule has 0 saturated heterocycles. The number of carbonyl (C=O) groups is 2. The molecule has 116 valence electrons. The van der Waals surface area contributed by atoms with Crippen molar-refractivity contribution in [1.29, 1.82) is 0 Å². The quantitative estimate of drug-likeness (QED) is 0.829. The lowest BCUT2D eigenvalue weighted by Gasteiger charge is -2.24. The van der Waals surface area contributed by atoms with E-state index in [0.717, 1.165) is 29.2 Å². The van der Waals surface area contributed by atoms with Crippen LogP contribution in [0, 0.1) is 5.92 Å². The summed E-state index contributed by atoms with van der Waals surface area (Å²) < 4.78 is 0. The maximum atomic E-state index is 11.8. The van der Waals surface area contributed by atoms with Gasteiger partial charge in [0.15, 0.2) is 0 Å². The fourth-order valence-electron chi connectivity index (χ4n) is 3.77. The summed E-state index contributed by atoms with van der Waals surface area (Å²) in [7, 11) is 0. The molecule has 1 atom stereocenters. The zero-order chi connectivity index (χ0) is 15.5. The molecule has 0 radical (unpaired) electrons. The molecule has 0 aliphatic heterocycles. The lowest BCUT2D eigenvalue weighted by Crippen LogP contribution is -2.18. The van der Waals surface area contributed by atoms with E-state index in [-0.39, 0.29) is 5.92 Å². The number of hydrogen-bond acceptors (Lipinski definition) is 2. The average molecular weight is 298 g/mol. The van der Waals surface area contributed by atoms with E-state index in [2.05, 4.69) is 4.98 Å². The number of aromatic amines is 1. The van der Waals surface area contributed by atoms with Crippen molar-refractivity contribution in [3.63, 3.8) is 0 Å². The van der Waals surface area contributed by atoms with Gasteiger partial charge in [0.25, 0.3) is 5.91 Å². The highest BCUT2D eigenvalue weighted by molar-refractivity contribution is 6.02. The van der Waals surface area contributed by atoms with Gasteiger partial charge in [0.05, 0.1) is 0 Å². The molecular weight excluding hydrogens is 276 g/mol. The lowest BCUT2D eigenvalue weighted by atomic mass is 9.80. The van der Waals surface area contributed by atoms with Crippen LogP contribution in [-0.2, 0) is 4.79 Å². The summed E-state index contributed by atoms with van der Waals surface area (Å²) in [5.41, 5.74) is 7.55. The number of benzene rings is 1. The minimum absolute atomic E-state index is 0.262. The van der Waals surface area contributed by atoms with Gasteiger partial charge in [-0.25, -0.2) is 0 Å². The molecule has 4 nitrogen and oxygen atoms in total. The molecule has 1 saturated carbocycles. The zero-order valence-corrected chi connectivity index (χ0v) is 12.7. The molecular formula is C18H22N2O2. The number of aldehydes is 1. The fourth-order valence-corrected chi connectivity index (χ4v) is 3.77. The van der Waals surface area contributed by atoms with Crippen molar-refractivity contribution in [2.75, 3.05) is 0 Å². The Labute approximate surface area is 130 Å². The van der Waals surface area contributed by atoms with E-state index in [1.807, 2.05) is 24.3 Å². The van der Waals surface area contributed by atoms with E-state index in [0.29, 0.717) is 11.6 Å². The molecule has 3 N–H and O–H groups in total. The molecule has 1 unspecified atom stereocenters. The van der Waals surface area contributed by atoms with Crippen molar-refractivity contribution in [1.82, 2.24) is 4.98 Å². The molecule has 1 fully saturated rings. The van der Waals surface area contributed by atoms with Crippen molar-refractivity contribution >= 4 is 23.1 Å². The first-order valence-electron chi connectivity index (χ1n) is 8.06. The Morgan fingerprint density at radius 1 is 1.27 bits per heavy atom. The second-order valence-corrected chi connectivity index (χ2v) is 6.31. The first kappa shape index (κ1) is 14.8. The SMILES string of the molecule is NC(=O)c1[nH]c2ccccc2c1C(C=O)CC1CCCCC1. The number of primary amides is 1. The van der Waals surface area contributed by atoms with E-state index in [4.69, 9.17) is 5.73 Å². The van der Waals surface area contributed by atoms with Gasteiger partial charge in [-0.1, -0.05) is 50.3 Å². The molecule has 0 bridgehead atoms. The summed E-state index contributed by atoms with van der Waals surface area (Å²) >= 11 is 0. The molecule has 0 spiro atoms. The maximum Gasteiger partial charge on any atom is 0.265 e. The molecule has 1 amide bonds. The van der Waals surface area contributed by atoms with Crippen LogP contribution in [0.1, 0.15) is 60.5 Å². The molecule has 3 rings (SSSR count). The normalized spacial score (nSPS) is 17.5. The third kappa shape index (κ3) is 2.78. The number of H-pyrrole nitrogens is 1. The number of amides is 1. The molecule has 1 heterocycles. The van der Waals surface area contributed by atoms with Crippen LogP contribution in [0.4, 0.5) is 0 Å². The van der Waals surface area contributed by atoms with E-state index < -0.39 is 5.91 Å². The van der Waals surface area contributed by atoms with E-state index >= 15 is 0 Å². The highest BCUT2D eigenvalue weighted by Crippen LogP contribution is 2.36. The number of aromatic nitrogens is 1. The Balaban J connectivity index is 1.99. The van der Waals surface area contributed by atoms with Crippen LogP contribution in [0.5, 0.6) is 0 Å². The van der Waals surface area contributed by atoms with Crippen LogP contribution in [0.2, 0.25) is 0 Å². The zero-order valence-electron chi connectivity index (χ0n) is 12.7. The van der Waals surface area contributed by atoms with Gasteiger partial charge in [0, 0.05) is 22.4 Å². The summed E-state index contributed by atoms with van der Waals surface area (Å²) in [5.74, 6) is -0.193. The van der Waals surface area contributed by atoms with Gasteiger partial charge in [-0.15, -0.1) is 0 Å². The van der Waals surface area contributed by atoms with Gasteiger partial charge in [-0.3, -0.25) is 4.79 Å². The number of nitrogens with two attached hydrogens (primary N) is 1. The van der Waals surface area contributed by atoms with Crippen LogP contribution in [0.3, 0.4) is 0 Å². The molecule has 4 heteroatoms. The predicted octanol–water partition coefficient (Wildman–Crippen LogP) is 3.52. The third-order valence-corrected chi connectivity index (χ3v) is 4.84. The first-order valence-corrected chi connectivity index (χ1v) is 8.06. The minimum Gasteiger partial charge on any atom is -0.364 e. The topological polar surface area (TPSA) is 76.0 Å². The second-order valence-electron chi connectivity index (χ2n) is 6.31. The molecule has 1 aliphatic carbocycles. The standard InChI is InChI=1S/C18H22N2O2/c19-18(22)17-16(14-8-4-5-9-15(14)20-17)13(11-21)10-12-6-2-1-3-7-12/h4-5,8-9,11-13,20H,1-3,6-7,10H2,(H2,19,22). The van der Waals surface area contributed by atoms with E-state index in [9.17, 15) is 9.59 Å². The van der Waals surface area contributed by atoms with Crippen molar-refractivity contribution in [2.45, 2.75) is 44.4 Å². The summed E-state index contributed by atoms with van der Waals surface area (Å²) in [6.07, 6.45) is 7.93. The second kappa shape index (κ2) is 6.34. The minimum atomic E-state index is -0.498. The van der Waals surface area contributed by atoms with Crippen molar-refractivity contribution in [2.24, 2.45) is 11.7 Å². The van der Waals surface area contributed by atoms with Gasteiger partial charge in [0.2, 0.25) is 0 Å². The Hall–Kier alpha value is -2.10. The van der Waals surface area contributed by atoms with Crippen LogP contribution < -0.4 is 5.73 Å². The Morgan fingerprint density at radius 2 is 2.00 bits per heavy atom. The highest BCUT2D eigenvalue weighted by Gasteiger charge is 2.26. The van der Waals surface area contributed by atoms with Crippen molar-refractivity contribution in [3.8, 4) is 0 Å². The largest absolute Gasteiger partial charge is 0.364 e. The smallest absolute Gasteiger partial charge is 0.265 e. The summed E-state index contributed by atoms with van der Waals surface area (Å²) in [5, 5.41) is 0.934. The molecule has 2 aromatic rings. The Kier molecular flexibility index (Phi) is 4.27. The number of para-hydroxylation sites is 1. The molecule has 1 aliphatic rings. The van der Waals surface area contributed by atoms with Gasteiger partial charge >= 0.3 is 0 Å². The number of carbonyl (C=O) groups excluding carboxylic acids is 2. The lowest BCUT2D eigenvalue weighted by molar-refractivity contribution is -0.109. The monoisotopic (exact) mass is 298 g/mol. The van der Waals surface area contributed by atoms with Gasteiger partial charge in [0.1, 0.15) is 12.0 Å². The van der Waals surface area contributed by atoms with Crippen LogP contribution in [0.15, 0.2) is 24.3 Å². The Morgan fingerprint density at radius 3 is 2.68 bits per heavy atom. The summed E-state index contributed by atoms with van der Waals surface area (Å²) in [4.78, 5) is 26.6. The molecule has 1 aromatic heterocycles. The number of nitrogens with one attached hydrogen (secondary N) is 1. The fraction of sp³-hybridized carbons (Fsp3) is 0.444. The van der Waals surface area contributed by atoms with E-state index in [1.165, 1.54) is 32.1 Å². The van der Waals surface area contributed by atoms with Crippen LogP contribution >= 0.6 is 0 Å². The van der Waals surface area contributed by atoms with E-state index in [1.54, 1.807) is 0 Å². The maximum absolute atomic E-state index is 11.8. The first-order chi connectivity index (χ1) is 10.7. The van der Waals surface area contributed by atoms with Crippen molar-refractivity contribution < 1.29 is 9.59 Å². The van der Waals surface area contributed by atoms with Gasteiger partial charge in [-0.2, -0.15) is 0 Å². The molecule has 1 aromatic carbocycles. The van der Waals surface area contributed by atoms with Gasteiger partial charge in [-0.05, 0) is 18.4 Å². The Bertz CT molecular complexity index is 683. The summed E-state index contributed by atoms with van der Waals surface area (Å²) in [6.45, 7) is 0. The average Bonchev–Trinajstić information content (AvgIpc) is 2.93. The number of hydrogen-bond donors (Lipinski definition) is 2. The summed E-state index contributed by atoms with van der Waals surface area (Å²) in [6, 6.07) is 7.69. The number of fused-ring (bicyclic) bond motifs is 1. The third-order valence-electron chi connectivity index (χ3n) is 4.84.